The summed E-state index contributed by atoms with van der Waals surface area (Å²) in [4.78, 5) is 5.02. The minimum absolute atomic E-state index is 0.248. The van der Waals surface area contributed by atoms with Crippen molar-refractivity contribution >= 4 is 0 Å². The number of alkyl halides is 2. The van der Waals surface area contributed by atoms with E-state index in [1.54, 1.807) is 0 Å². The van der Waals surface area contributed by atoms with E-state index in [1.165, 1.54) is 25.8 Å². The van der Waals surface area contributed by atoms with Crippen molar-refractivity contribution in [3.63, 3.8) is 0 Å². The predicted octanol–water partition coefficient (Wildman–Crippen LogP) is 6.06. The second kappa shape index (κ2) is 8.04. The summed E-state index contributed by atoms with van der Waals surface area (Å²) in [6.07, 6.45) is 9.41. The largest absolute Gasteiger partial charge is 0.303 e. The molecule has 0 atom stereocenters. The van der Waals surface area contributed by atoms with Crippen LogP contribution in [-0.2, 0) is 0 Å². The lowest BCUT2D eigenvalue weighted by atomic mass is 9.54. The topological polar surface area (TPSA) is 6.48 Å². The minimum atomic E-state index is -2.44. The lowest BCUT2D eigenvalue weighted by Crippen LogP contribution is -2.55. The summed E-state index contributed by atoms with van der Waals surface area (Å²) in [6, 6.07) is 0.483. The van der Waals surface area contributed by atoms with Crippen LogP contribution in [0, 0.1) is 28.6 Å². The van der Waals surface area contributed by atoms with Crippen molar-refractivity contribution in [2.75, 3.05) is 32.7 Å². The average Bonchev–Trinajstić information content (AvgIpc) is 3.38. The van der Waals surface area contributed by atoms with E-state index in [0.29, 0.717) is 24.3 Å². The van der Waals surface area contributed by atoms with Gasteiger partial charge >= 0.3 is 0 Å². The minimum Gasteiger partial charge on any atom is -0.303 e. The maximum atomic E-state index is 15.2. The summed E-state index contributed by atoms with van der Waals surface area (Å²) < 4.78 is 30.4. The van der Waals surface area contributed by atoms with Crippen LogP contribution in [0.15, 0.2) is 0 Å². The van der Waals surface area contributed by atoms with Crippen LogP contribution in [0.25, 0.3) is 0 Å². The molecule has 4 aliphatic rings. The Hall–Kier alpha value is -0.220. The van der Waals surface area contributed by atoms with Gasteiger partial charge in [0.05, 0.1) is 0 Å². The van der Waals surface area contributed by atoms with Crippen LogP contribution in [-0.4, -0.2) is 54.5 Å². The molecule has 2 saturated carbocycles. The third kappa shape index (κ3) is 4.68. The normalized spacial score (nSPS) is 29.0. The van der Waals surface area contributed by atoms with Gasteiger partial charge in [-0.15, -0.1) is 0 Å². The number of hydrogen-bond donors (Lipinski definition) is 0. The zero-order chi connectivity index (χ0) is 20.9. The summed E-state index contributed by atoms with van der Waals surface area (Å²) in [5.41, 5.74) is 0.844. The molecule has 4 rings (SSSR count). The molecule has 0 aromatic carbocycles. The van der Waals surface area contributed by atoms with Crippen molar-refractivity contribution in [2.45, 2.75) is 97.4 Å². The number of halogens is 2. The first-order valence-electron chi connectivity index (χ1n) is 12.5. The summed E-state index contributed by atoms with van der Waals surface area (Å²) in [5, 5.41) is 0. The monoisotopic (exact) mass is 410 g/mol. The lowest BCUT2D eigenvalue weighted by molar-refractivity contribution is -0.188. The molecule has 29 heavy (non-hydrogen) atoms. The number of nitrogens with zero attached hydrogens (tertiary/aromatic N) is 2. The number of hydrogen-bond acceptors (Lipinski definition) is 2. The Morgan fingerprint density at radius 1 is 0.862 bits per heavy atom. The van der Waals surface area contributed by atoms with E-state index < -0.39 is 5.92 Å². The standard InChI is InChI=1S/C25H44F2N2/c1-19(2)15-24(7-8-24)18-28-13-9-23(10-14-28)16-22(17-23)25(26,27)21-5-11-29(12-6-21)20(3)4/h19-22H,5-18H2,1-4H3. The first kappa shape index (κ1) is 22.0. The van der Waals surface area contributed by atoms with Gasteiger partial charge < -0.3 is 9.80 Å². The maximum Gasteiger partial charge on any atom is 0.253 e. The molecule has 0 unspecified atom stereocenters. The van der Waals surface area contributed by atoms with Crippen LogP contribution >= 0.6 is 0 Å². The zero-order valence-corrected chi connectivity index (χ0v) is 19.4. The molecule has 0 radical (unpaired) electrons. The van der Waals surface area contributed by atoms with Crippen molar-refractivity contribution in [2.24, 2.45) is 28.6 Å². The molecule has 2 heterocycles. The first-order valence-corrected chi connectivity index (χ1v) is 12.5. The maximum absolute atomic E-state index is 15.2. The molecule has 0 N–H and O–H groups in total. The molecule has 4 fully saturated rings. The summed E-state index contributed by atoms with van der Waals surface area (Å²) in [7, 11) is 0. The van der Waals surface area contributed by atoms with Gasteiger partial charge in [0.2, 0.25) is 0 Å². The molecule has 0 aromatic rings. The number of rotatable bonds is 7. The molecule has 0 bridgehead atoms. The summed E-state index contributed by atoms with van der Waals surface area (Å²) in [5.74, 6) is -2.39. The van der Waals surface area contributed by atoms with E-state index in [2.05, 4.69) is 37.5 Å². The van der Waals surface area contributed by atoms with Crippen LogP contribution in [0.5, 0.6) is 0 Å². The Kier molecular flexibility index (Phi) is 6.10. The van der Waals surface area contributed by atoms with E-state index >= 15 is 8.78 Å². The van der Waals surface area contributed by atoms with Gasteiger partial charge in [-0.25, -0.2) is 8.78 Å². The predicted molar refractivity (Wildman–Crippen MR) is 116 cm³/mol. The van der Waals surface area contributed by atoms with Crippen LogP contribution in [0.1, 0.15) is 85.5 Å². The molecular formula is C25H44F2N2. The van der Waals surface area contributed by atoms with Gasteiger partial charge in [0.1, 0.15) is 0 Å². The van der Waals surface area contributed by atoms with Crippen LogP contribution in [0.2, 0.25) is 0 Å². The fraction of sp³-hybridized carbons (Fsp3) is 1.00. The lowest BCUT2D eigenvalue weighted by Gasteiger charge is -2.56. The van der Waals surface area contributed by atoms with Crippen molar-refractivity contribution < 1.29 is 8.78 Å². The van der Waals surface area contributed by atoms with E-state index in [9.17, 15) is 0 Å². The SMILES string of the molecule is CC(C)CC1(CN2CCC3(CC2)CC(C(F)(F)C2CCN(C(C)C)CC2)C3)CC1. The zero-order valence-electron chi connectivity index (χ0n) is 19.4. The van der Waals surface area contributed by atoms with Crippen molar-refractivity contribution in [1.82, 2.24) is 9.80 Å². The second-order valence-electron chi connectivity index (χ2n) is 12.1. The highest BCUT2D eigenvalue weighted by atomic mass is 19.3. The average molecular weight is 411 g/mol. The third-order valence-corrected chi connectivity index (χ3v) is 8.98. The fourth-order valence-electron chi connectivity index (χ4n) is 6.93. The number of likely N-dealkylation sites (tertiary alicyclic amines) is 2. The van der Waals surface area contributed by atoms with E-state index in [4.69, 9.17) is 0 Å². The van der Waals surface area contributed by atoms with Crippen molar-refractivity contribution in [3.05, 3.63) is 0 Å². The molecule has 0 amide bonds. The van der Waals surface area contributed by atoms with Crippen LogP contribution < -0.4 is 0 Å². The highest BCUT2D eigenvalue weighted by Crippen LogP contribution is 2.60. The molecule has 4 heteroatoms. The Morgan fingerprint density at radius 2 is 1.45 bits per heavy atom. The first-order chi connectivity index (χ1) is 13.6. The van der Waals surface area contributed by atoms with Gasteiger partial charge in [-0.1, -0.05) is 13.8 Å². The fourth-order valence-corrected chi connectivity index (χ4v) is 6.93. The van der Waals surface area contributed by atoms with Gasteiger partial charge in [0.25, 0.3) is 5.92 Å². The molecule has 2 aliphatic carbocycles. The van der Waals surface area contributed by atoms with Crippen molar-refractivity contribution in [1.29, 1.82) is 0 Å². The molecule has 1 spiro atoms. The van der Waals surface area contributed by atoms with E-state index in [1.807, 2.05) is 0 Å². The Balaban J connectivity index is 1.23. The smallest absolute Gasteiger partial charge is 0.253 e. The summed E-state index contributed by atoms with van der Waals surface area (Å²) >= 11 is 0. The Labute approximate surface area is 177 Å². The van der Waals surface area contributed by atoms with Gasteiger partial charge in [0.15, 0.2) is 0 Å². The summed E-state index contributed by atoms with van der Waals surface area (Å²) in [6.45, 7) is 14.3. The van der Waals surface area contributed by atoms with E-state index in [0.717, 1.165) is 57.8 Å². The molecule has 2 saturated heterocycles. The molecular weight excluding hydrogens is 366 g/mol. The quantitative estimate of drug-likeness (QED) is 0.503. The highest BCUT2D eigenvalue weighted by molar-refractivity contribution is 5.04. The van der Waals surface area contributed by atoms with Crippen molar-refractivity contribution in [3.8, 4) is 0 Å². The Morgan fingerprint density at radius 3 is 1.93 bits per heavy atom. The van der Waals surface area contributed by atoms with Gasteiger partial charge in [-0.05, 0) is 115 Å². The van der Waals surface area contributed by atoms with Gasteiger partial charge in [0, 0.05) is 24.4 Å². The van der Waals surface area contributed by atoms with Gasteiger partial charge in [-0.3, -0.25) is 0 Å². The molecule has 0 aromatic heterocycles. The molecule has 2 nitrogen and oxygen atoms in total. The second-order valence-corrected chi connectivity index (χ2v) is 12.1. The third-order valence-electron chi connectivity index (χ3n) is 8.98. The van der Waals surface area contributed by atoms with E-state index in [-0.39, 0.29) is 17.3 Å². The van der Waals surface area contributed by atoms with Crippen LogP contribution in [0.4, 0.5) is 8.78 Å². The molecule has 168 valence electrons. The highest BCUT2D eigenvalue weighted by Gasteiger charge is 2.58. The van der Waals surface area contributed by atoms with Crippen LogP contribution in [0.3, 0.4) is 0 Å². The molecule has 2 aliphatic heterocycles. The number of piperidine rings is 2. The van der Waals surface area contributed by atoms with Gasteiger partial charge in [-0.2, -0.15) is 0 Å². The Bertz CT molecular complexity index is 545.